The standard InChI is InChI=1S/C12H16F3NO2/c1-16(6-9(17)7-18-2)5-8-3-10(13)12(15)11(14)4-8/h3-4,9,17H,5-7H2,1-2H3. The fourth-order valence-electron chi connectivity index (χ4n) is 1.68. The van der Waals surface area contributed by atoms with Crippen LogP contribution in [0.4, 0.5) is 13.2 Å². The Morgan fingerprint density at radius 2 is 1.83 bits per heavy atom. The Morgan fingerprint density at radius 1 is 1.28 bits per heavy atom. The predicted molar refractivity (Wildman–Crippen MR) is 60.5 cm³/mol. The average Bonchev–Trinajstić information content (AvgIpc) is 2.25. The van der Waals surface area contributed by atoms with Crippen LogP contribution in [-0.2, 0) is 11.3 Å². The molecule has 0 aliphatic rings. The molecule has 0 fully saturated rings. The average molecular weight is 263 g/mol. The summed E-state index contributed by atoms with van der Waals surface area (Å²) in [5.41, 5.74) is 0.304. The number of hydrogen-bond acceptors (Lipinski definition) is 3. The van der Waals surface area contributed by atoms with Crippen LogP contribution in [0, 0.1) is 17.5 Å². The smallest absolute Gasteiger partial charge is 0.194 e. The largest absolute Gasteiger partial charge is 0.389 e. The first-order chi connectivity index (χ1) is 8.43. The number of aliphatic hydroxyl groups is 1. The molecule has 0 amide bonds. The van der Waals surface area contributed by atoms with Crippen molar-refractivity contribution in [2.45, 2.75) is 12.6 Å². The zero-order valence-corrected chi connectivity index (χ0v) is 10.3. The van der Waals surface area contributed by atoms with Crippen LogP contribution in [0.25, 0.3) is 0 Å². The molecule has 0 saturated heterocycles. The molecule has 1 unspecified atom stereocenters. The van der Waals surface area contributed by atoms with Gasteiger partial charge in [0.2, 0.25) is 0 Å². The van der Waals surface area contributed by atoms with Gasteiger partial charge in [0.05, 0.1) is 12.7 Å². The van der Waals surface area contributed by atoms with Gasteiger partial charge >= 0.3 is 0 Å². The molecule has 1 atom stereocenters. The molecule has 1 aromatic rings. The molecule has 0 aromatic heterocycles. The van der Waals surface area contributed by atoms with Crippen molar-refractivity contribution in [3.05, 3.63) is 35.1 Å². The van der Waals surface area contributed by atoms with Crippen molar-refractivity contribution in [2.24, 2.45) is 0 Å². The van der Waals surface area contributed by atoms with Gasteiger partial charge in [-0.1, -0.05) is 0 Å². The number of methoxy groups -OCH3 is 1. The van der Waals surface area contributed by atoms with Crippen molar-refractivity contribution in [1.82, 2.24) is 4.90 Å². The van der Waals surface area contributed by atoms with Gasteiger partial charge in [-0.3, -0.25) is 4.90 Å². The molecule has 0 aliphatic heterocycles. The van der Waals surface area contributed by atoms with Gasteiger partial charge in [0, 0.05) is 20.2 Å². The molecule has 1 N–H and O–H groups in total. The van der Waals surface area contributed by atoms with E-state index in [-0.39, 0.29) is 19.7 Å². The van der Waals surface area contributed by atoms with E-state index in [4.69, 9.17) is 4.74 Å². The van der Waals surface area contributed by atoms with E-state index < -0.39 is 23.6 Å². The predicted octanol–water partition coefficient (Wildman–Crippen LogP) is 1.54. The maximum absolute atomic E-state index is 13.0. The van der Waals surface area contributed by atoms with E-state index in [9.17, 15) is 18.3 Å². The lowest BCUT2D eigenvalue weighted by molar-refractivity contribution is 0.0418. The van der Waals surface area contributed by atoms with Crippen LogP contribution in [0.3, 0.4) is 0 Å². The SMILES string of the molecule is COCC(O)CN(C)Cc1cc(F)c(F)c(F)c1. The first-order valence-electron chi connectivity index (χ1n) is 5.43. The maximum atomic E-state index is 13.0. The van der Waals surface area contributed by atoms with Crippen molar-refractivity contribution in [3.63, 3.8) is 0 Å². The molecule has 0 saturated carbocycles. The van der Waals surface area contributed by atoms with E-state index in [0.717, 1.165) is 12.1 Å². The number of hydrogen-bond donors (Lipinski definition) is 1. The summed E-state index contributed by atoms with van der Waals surface area (Å²) < 4.78 is 43.4. The first kappa shape index (κ1) is 14.9. The van der Waals surface area contributed by atoms with Crippen LogP contribution < -0.4 is 0 Å². The number of rotatable bonds is 6. The van der Waals surface area contributed by atoms with E-state index in [2.05, 4.69) is 0 Å². The van der Waals surface area contributed by atoms with Crippen LogP contribution in [0.1, 0.15) is 5.56 Å². The fourth-order valence-corrected chi connectivity index (χ4v) is 1.68. The van der Waals surface area contributed by atoms with Gasteiger partial charge in [-0.25, -0.2) is 13.2 Å². The normalized spacial score (nSPS) is 13.1. The Labute approximate surface area is 104 Å². The highest BCUT2D eigenvalue weighted by molar-refractivity contribution is 5.19. The van der Waals surface area contributed by atoms with E-state index >= 15 is 0 Å². The fraction of sp³-hybridized carbons (Fsp3) is 0.500. The zero-order chi connectivity index (χ0) is 13.7. The minimum absolute atomic E-state index is 0.177. The monoisotopic (exact) mass is 263 g/mol. The van der Waals surface area contributed by atoms with Crippen molar-refractivity contribution in [3.8, 4) is 0 Å². The Bertz CT molecular complexity index is 378. The Morgan fingerprint density at radius 3 is 2.33 bits per heavy atom. The Kier molecular flexibility index (Phi) is 5.58. The summed E-state index contributed by atoms with van der Waals surface area (Å²) in [4.78, 5) is 1.66. The number of nitrogens with zero attached hydrogens (tertiary/aromatic N) is 1. The van der Waals surface area contributed by atoms with Gasteiger partial charge in [-0.15, -0.1) is 0 Å². The van der Waals surface area contributed by atoms with Gasteiger partial charge in [0.25, 0.3) is 0 Å². The lowest BCUT2D eigenvalue weighted by atomic mass is 10.2. The quantitative estimate of drug-likeness (QED) is 0.790. The lowest BCUT2D eigenvalue weighted by Gasteiger charge is -2.20. The summed E-state index contributed by atoms with van der Waals surface area (Å²) >= 11 is 0. The van der Waals surface area contributed by atoms with Crippen LogP contribution in [0.2, 0.25) is 0 Å². The molecule has 0 bridgehead atoms. The molecule has 0 aliphatic carbocycles. The molecule has 1 aromatic carbocycles. The number of aliphatic hydroxyl groups excluding tert-OH is 1. The van der Waals surface area contributed by atoms with E-state index in [1.807, 2.05) is 0 Å². The third-order valence-electron chi connectivity index (χ3n) is 2.38. The number of ether oxygens (including phenoxy) is 1. The summed E-state index contributed by atoms with van der Waals surface area (Å²) in [5.74, 6) is -3.90. The third kappa shape index (κ3) is 4.29. The highest BCUT2D eigenvalue weighted by Gasteiger charge is 2.13. The van der Waals surface area contributed by atoms with E-state index in [1.165, 1.54) is 7.11 Å². The summed E-state index contributed by atoms with van der Waals surface area (Å²) in [5, 5.41) is 9.48. The van der Waals surface area contributed by atoms with E-state index in [1.54, 1.807) is 11.9 Å². The maximum Gasteiger partial charge on any atom is 0.194 e. The lowest BCUT2D eigenvalue weighted by Crippen LogP contribution is -2.31. The molecule has 6 heteroatoms. The minimum Gasteiger partial charge on any atom is -0.389 e. The second-order valence-electron chi connectivity index (χ2n) is 4.18. The van der Waals surface area contributed by atoms with E-state index in [0.29, 0.717) is 5.56 Å². The summed E-state index contributed by atoms with van der Waals surface area (Å²) in [7, 11) is 3.14. The van der Waals surface area contributed by atoms with Crippen molar-refractivity contribution >= 4 is 0 Å². The highest BCUT2D eigenvalue weighted by Crippen LogP contribution is 2.14. The summed E-state index contributed by atoms with van der Waals surface area (Å²) in [6.07, 6.45) is -0.685. The second kappa shape index (κ2) is 6.72. The van der Waals surface area contributed by atoms with Crippen molar-refractivity contribution in [2.75, 3.05) is 27.3 Å². The number of benzene rings is 1. The Balaban J connectivity index is 2.62. The molecular weight excluding hydrogens is 247 g/mol. The molecule has 18 heavy (non-hydrogen) atoms. The molecule has 1 rings (SSSR count). The number of likely N-dealkylation sites (N-methyl/N-ethyl adjacent to an activating group) is 1. The van der Waals surface area contributed by atoms with Gasteiger partial charge in [0.15, 0.2) is 17.5 Å². The van der Waals surface area contributed by atoms with Gasteiger partial charge in [-0.2, -0.15) is 0 Å². The molecule has 3 nitrogen and oxygen atoms in total. The van der Waals surface area contributed by atoms with Gasteiger partial charge in [-0.05, 0) is 24.7 Å². The van der Waals surface area contributed by atoms with Gasteiger partial charge in [0.1, 0.15) is 0 Å². The second-order valence-corrected chi connectivity index (χ2v) is 4.18. The van der Waals surface area contributed by atoms with Crippen LogP contribution in [-0.4, -0.2) is 43.4 Å². The molecule has 102 valence electrons. The van der Waals surface area contributed by atoms with Crippen LogP contribution in [0.5, 0.6) is 0 Å². The summed E-state index contributed by atoms with van der Waals surface area (Å²) in [6, 6.07) is 1.88. The molecule has 0 spiro atoms. The molecule has 0 radical (unpaired) electrons. The van der Waals surface area contributed by atoms with Crippen LogP contribution >= 0.6 is 0 Å². The van der Waals surface area contributed by atoms with Crippen molar-refractivity contribution < 1.29 is 23.0 Å². The Hall–Kier alpha value is -1.11. The molecular formula is C12H16F3NO2. The topological polar surface area (TPSA) is 32.7 Å². The zero-order valence-electron chi connectivity index (χ0n) is 10.3. The molecule has 0 heterocycles. The highest BCUT2D eigenvalue weighted by atomic mass is 19.2. The van der Waals surface area contributed by atoms with Gasteiger partial charge < -0.3 is 9.84 Å². The third-order valence-corrected chi connectivity index (χ3v) is 2.38. The first-order valence-corrected chi connectivity index (χ1v) is 5.43. The van der Waals surface area contributed by atoms with Crippen molar-refractivity contribution in [1.29, 1.82) is 0 Å². The number of halogens is 3. The summed E-state index contributed by atoms with van der Waals surface area (Å²) in [6.45, 7) is 0.666. The minimum atomic E-state index is -1.47. The van der Waals surface area contributed by atoms with Crippen LogP contribution in [0.15, 0.2) is 12.1 Å².